The zero-order chi connectivity index (χ0) is 10.3. The average molecular weight is 208 g/mol. The van der Waals surface area contributed by atoms with Gasteiger partial charge in [-0.1, -0.05) is 12.8 Å². The van der Waals surface area contributed by atoms with Crippen LogP contribution in [0.2, 0.25) is 0 Å². The number of piperidine rings is 1. The van der Waals surface area contributed by atoms with Gasteiger partial charge in [-0.3, -0.25) is 0 Å². The second-order valence-electron chi connectivity index (χ2n) is 6.15. The first-order chi connectivity index (χ1) is 7.25. The van der Waals surface area contributed by atoms with Crippen LogP contribution < -0.4 is 5.73 Å². The maximum Gasteiger partial charge on any atom is 0.0166 e. The summed E-state index contributed by atoms with van der Waals surface area (Å²) in [6, 6.07) is 0.931. The molecule has 0 amide bonds. The Labute approximate surface area is 93.2 Å². The first kappa shape index (κ1) is 10.1. The Morgan fingerprint density at radius 2 is 2.00 bits per heavy atom. The fourth-order valence-electron chi connectivity index (χ4n) is 4.00. The van der Waals surface area contributed by atoms with E-state index in [1.54, 1.807) is 0 Å². The Bertz CT molecular complexity index is 233. The van der Waals surface area contributed by atoms with Gasteiger partial charge < -0.3 is 10.6 Å². The molecule has 1 heterocycles. The SMILES string of the molecule is NC1(CCN2CC3CCC2C3)CCCC1. The minimum atomic E-state index is 0.210. The Kier molecular flexibility index (Phi) is 2.52. The number of nitrogens with two attached hydrogens (primary N) is 1. The van der Waals surface area contributed by atoms with Crippen LogP contribution in [0.25, 0.3) is 0 Å². The largest absolute Gasteiger partial charge is 0.325 e. The van der Waals surface area contributed by atoms with Crippen molar-refractivity contribution in [2.45, 2.75) is 62.9 Å². The molecular formula is C13H24N2. The molecule has 0 radical (unpaired) electrons. The molecular weight excluding hydrogens is 184 g/mol. The van der Waals surface area contributed by atoms with Crippen molar-refractivity contribution in [1.82, 2.24) is 4.90 Å². The highest BCUT2D eigenvalue weighted by Crippen LogP contribution is 2.38. The van der Waals surface area contributed by atoms with Crippen molar-refractivity contribution < 1.29 is 0 Å². The molecule has 3 aliphatic rings. The van der Waals surface area contributed by atoms with E-state index in [1.807, 2.05) is 0 Å². The van der Waals surface area contributed by atoms with Crippen LogP contribution in [0.1, 0.15) is 51.4 Å². The van der Waals surface area contributed by atoms with E-state index in [0.29, 0.717) is 0 Å². The Balaban J connectivity index is 1.50. The molecule has 2 aliphatic carbocycles. The van der Waals surface area contributed by atoms with Crippen LogP contribution in [0.4, 0.5) is 0 Å². The van der Waals surface area contributed by atoms with Crippen molar-refractivity contribution in [3.05, 3.63) is 0 Å². The second kappa shape index (κ2) is 3.74. The van der Waals surface area contributed by atoms with E-state index < -0.39 is 0 Å². The lowest BCUT2D eigenvalue weighted by Crippen LogP contribution is -2.42. The number of hydrogen-bond acceptors (Lipinski definition) is 2. The van der Waals surface area contributed by atoms with Crippen LogP contribution in [0.15, 0.2) is 0 Å². The lowest BCUT2D eigenvalue weighted by molar-refractivity contribution is 0.191. The average Bonchev–Trinajstić information content (AvgIpc) is 2.90. The molecule has 2 saturated carbocycles. The van der Waals surface area contributed by atoms with Gasteiger partial charge in [-0.2, -0.15) is 0 Å². The molecule has 1 aliphatic heterocycles. The Morgan fingerprint density at radius 1 is 1.20 bits per heavy atom. The van der Waals surface area contributed by atoms with Crippen LogP contribution in [0, 0.1) is 5.92 Å². The molecule has 3 rings (SSSR count). The van der Waals surface area contributed by atoms with Crippen molar-refractivity contribution in [3.63, 3.8) is 0 Å². The Morgan fingerprint density at radius 3 is 2.60 bits per heavy atom. The van der Waals surface area contributed by atoms with Crippen molar-refractivity contribution in [1.29, 1.82) is 0 Å². The molecule has 2 unspecified atom stereocenters. The quantitative estimate of drug-likeness (QED) is 0.770. The summed E-state index contributed by atoms with van der Waals surface area (Å²) in [5, 5.41) is 0. The van der Waals surface area contributed by atoms with E-state index in [1.165, 1.54) is 64.5 Å². The lowest BCUT2D eigenvalue weighted by atomic mass is 9.94. The van der Waals surface area contributed by atoms with E-state index in [9.17, 15) is 0 Å². The van der Waals surface area contributed by atoms with Crippen LogP contribution in [0.5, 0.6) is 0 Å². The second-order valence-corrected chi connectivity index (χ2v) is 6.15. The maximum atomic E-state index is 6.41. The predicted octanol–water partition coefficient (Wildman–Crippen LogP) is 2.13. The summed E-state index contributed by atoms with van der Waals surface area (Å²) >= 11 is 0. The monoisotopic (exact) mass is 208 g/mol. The van der Waals surface area contributed by atoms with Gasteiger partial charge in [0.25, 0.3) is 0 Å². The summed E-state index contributed by atoms with van der Waals surface area (Å²) in [4.78, 5) is 2.72. The lowest BCUT2D eigenvalue weighted by Gasteiger charge is -2.31. The fourth-order valence-corrected chi connectivity index (χ4v) is 4.00. The highest BCUT2D eigenvalue weighted by molar-refractivity contribution is 4.95. The highest BCUT2D eigenvalue weighted by atomic mass is 15.2. The van der Waals surface area contributed by atoms with Gasteiger partial charge in [0.05, 0.1) is 0 Å². The maximum absolute atomic E-state index is 6.41. The molecule has 0 aromatic heterocycles. The number of rotatable bonds is 3. The van der Waals surface area contributed by atoms with E-state index in [0.717, 1.165) is 12.0 Å². The summed E-state index contributed by atoms with van der Waals surface area (Å²) < 4.78 is 0. The normalized spacial score (nSPS) is 39.0. The predicted molar refractivity (Wildman–Crippen MR) is 62.7 cm³/mol. The zero-order valence-electron chi connectivity index (χ0n) is 9.75. The smallest absolute Gasteiger partial charge is 0.0166 e. The van der Waals surface area contributed by atoms with E-state index in [-0.39, 0.29) is 5.54 Å². The van der Waals surface area contributed by atoms with Gasteiger partial charge in [-0.25, -0.2) is 0 Å². The van der Waals surface area contributed by atoms with Crippen molar-refractivity contribution in [3.8, 4) is 0 Å². The third kappa shape index (κ3) is 1.94. The zero-order valence-corrected chi connectivity index (χ0v) is 9.75. The molecule has 2 nitrogen and oxygen atoms in total. The highest BCUT2D eigenvalue weighted by Gasteiger charge is 2.38. The topological polar surface area (TPSA) is 29.3 Å². The summed E-state index contributed by atoms with van der Waals surface area (Å²) in [5.41, 5.74) is 6.62. The first-order valence-electron chi connectivity index (χ1n) is 6.78. The third-order valence-corrected chi connectivity index (χ3v) is 5.02. The van der Waals surface area contributed by atoms with Gasteiger partial charge in [-0.05, 0) is 44.4 Å². The molecule has 1 saturated heterocycles. The standard InChI is InChI=1S/C13H24N2/c14-13(5-1-2-6-13)7-8-15-10-11-3-4-12(15)9-11/h11-12H,1-10,14H2. The summed E-state index contributed by atoms with van der Waals surface area (Å²) in [7, 11) is 0. The summed E-state index contributed by atoms with van der Waals surface area (Å²) in [6.07, 6.45) is 11.0. The van der Waals surface area contributed by atoms with Gasteiger partial charge in [0.1, 0.15) is 0 Å². The van der Waals surface area contributed by atoms with Gasteiger partial charge in [0, 0.05) is 24.7 Å². The van der Waals surface area contributed by atoms with Crippen molar-refractivity contribution in [2.24, 2.45) is 11.7 Å². The first-order valence-corrected chi connectivity index (χ1v) is 6.78. The molecule has 0 aromatic rings. The van der Waals surface area contributed by atoms with E-state index in [4.69, 9.17) is 5.73 Å². The van der Waals surface area contributed by atoms with Crippen molar-refractivity contribution >= 4 is 0 Å². The number of nitrogens with zero attached hydrogens (tertiary/aromatic N) is 1. The van der Waals surface area contributed by atoms with Gasteiger partial charge in [0.2, 0.25) is 0 Å². The molecule has 2 N–H and O–H groups in total. The summed E-state index contributed by atoms with van der Waals surface area (Å²) in [6.45, 7) is 2.65. The Hall–Kier alpha value is -0.0800. The number of likely N-dealkylation sites (tertiary alicyclic amines) is 1. The molecule has 2 bridgehead atoms. The molecule has 0 aromatic carbocycles. The minimum absolute atomic E-state index is 0.210. The third-order valence-electron chi connectivity index (χ3n) is 5.02. The van der Waals surface area contributed by atoms with Crippen LogP contribution in [-0.4, -0.2) is 29.6 Å². The van der Waals surface area contributed by atoms with Gasteiger partial charge in [-0.15, -0.1) is 0 Å². The fraction of sp³-hybridized carbons (Fsp3) is 1.00. The molecule has 86 valence electrons. The summed E-state index contributed by atoms with van der Waals surface area (Å²) in [5.74, 6) is 1.03. The molecule has 2 atom stereocenters. The minimum Gasteiger partial charge on any atom is -0.325 e. The number of fused-ring (bicyclic) bond motifs is 2. The van der Waals surface area contributed by atoms with Crippen LogP contribution in [-0.2, 0) is 0 Å². The van der Waals surface area contributed by atoms with E-state index in [2.05, 4.69) is 4.90 Å². The van der Waals surface area contributed by atoms with Crippen molar-refractivity contribution in [2.75, 3.05) is 13.1 Å². The number of hydrogen-bond donors (Lipinski definition) is 1. The van der Waals surface area contributed by atoms with Crippen LogP contribution in [0.3, 0.4) is 0 Å². The molecule has 0 spiro atoms. The van der Waals surface area contributed by atoms with Crippen LogP contribution >= 0.6 is 0 Å². The van der Waals surface area contributed by atoms with Gasteiger partial charge in [0.15, 0.2) is 0 Å². The van der Waals surface area contributed by atoms with Gasteiger partial charge >= 0.3 is 0 Å². The molecule has 15 heavy (non-hydrogen) atoms. The molecule has 3 fully saturated rings. The molecule has 2 heteroatoms. The van der Waals surface area contributed by atoms with E-state index >= 15 is 0 Å².